The highest BCUT2D eigenvalue weighted by Crippen LogP contribution is 2.28. The molecule has 0 spiro atoms. The average Bonchev–Trinajstić information content (AvgIpc) is 3.02. The summed E-state index contributed by atoms with van der Waals surface area (Å²) in [6.07, 6.45) is 2.80. The van der Waals surface area contributed by atoms with E-state index in [9.17, 15) is 4.79 Å². The van der Waals surface area contributed by atoms with Gasteiger partial charge in [-0.1, -0.05) is 62.0 Å². The van der Waals surface area contributed by atoms with Crippen LogP contribution in [0.5, 0.6) is 5.75 Å². The molecule has 0 radical (unpaired) electrons. The Kier molecular flexibility index (Phi) is 4.85. The van der Waals surface area contributed by atoms with E-state index in [-0.39, 0.29) is 5.56 Å². The zero-order valence-electron chi connectivity index (χ0n) is 15.8. The molecule has 1 N–H and O–H groups in total. The summed E-state index contributed by atoms with van der Waals surface area (Å²) in [5.41, 5.74) is 1.54. The molecule has 4 rings (SSSR count). The number of fused-ring (bicyclic) bond motifs is 1. The van der Waals surface area contributed by atoms with Crippen molar-refractivity contribution in [1.82, 2.24) is 9.78 Å². The van der Waals surface area contributed by atoms with Gasteiger partial charge in [0.05, 0.1) is 22.9 Å². The van der Waals surface area contributed by atoms with Gasteiger partial charge < -0.3 is 4.74 Å². The third kappa shape index (κ3) is 3.25. The molecule has 1 aromatic heterocycles. The van der Waals surface area contributed by atoms with E-state index < -0.39 is 0 Å². The van der Waals surface area contributed by atoms with Crippen LogP contribution >= 0.6 is 0 Å². The Morgan fingerprint density at radius 1 is 1.04 bits per heavy atom. The van der Waals surface area contributed by atoms with Gasteiger partial charge in [0, 0.05) is 5.56 Å². The number of nitrogens with zero attached hydrogens (tertiary/aromatic N) is 1. The molecule has 1 heterocycles. The van der Waals surface area contributed by atoms with Gasteiger partial charge in [0.25, 0.3) is 5.56 Å². The minimum Gasteiger partial charge on any atom is -0.493 e. The van der Waals surface area contributed by atoms with Crippen molar-refractivity contribution in [3.63, 3.8) is 0 Å². The van der Waals surface area contributed by atoms with E-state index in [1.165, 1.54) is 4.68 Å². The van der Waals surface area contributed by atoms with Crippen molar-refractivity contribution < 1.29 is 4.74 Å². The first-order valence-electron chi connectivity index (χ1n) is 9.40. The van der Waals surface area contributed by atoms with Crippen LogP contribution in [0.2, 0.25) is 0 Å². The van der Waals surface area contributed by atoms with Gasteiger partial charge in [0.15, 0.2) is 0 Å². The third-order valence-electron chi connectivity index (χ3n) is 4.70. The first-order valence-corrected chi connectivity index (χ1v) is 9.40. The summed E-state index contributed by atoms with van der Waals surface area (Å²) in [6, 6.07) is 21.6. The van der Waals surface area contributed by atoms with Crippen LogP contribution in [0.3, 0.4) is 0 Å². The zero-order valence-corrected chi connectivity index (χ0v) is 15.8. The molecule has 4 heteroatoms. The number of aromatic nitrogens is 2. The second-order valence-electron chi connectivity index (χ2n) is 6.67. The van der Waals surface area contributed by atoms with E-state index >= 15 is 0 Å². The first-order chi connectivity index (χ1) is 13.7. The average molecular weight is 370 g/mol. The fraction of sp³-hybridized carbons (Fsp3) is 0.125. The fourth-order valence-electron chi connectivity index (χ4n) is 3.31. The molecule has 0 saturated carbocycles. The Labute approximate surface area is 163 Å². The highest BCUT2D eigenvalue weighted by atomic mass is 16.5. The van der Waals surface area contributed by atoms with Crippen molar-refractivity contribution in [3.8, 4) is 11.4 Å². The maximum Gasteiger partial charge on any atom is 0.279 e. The number of nitrogens with one attached hydrogen (secondary N) is 1. The number of hydrogen-bond donors (Lipinski definition) is 1. The van der Waals surface area contributed by atoms with E-state index in [0.717, 1.165) is 34.2 Å². The lowest BCUT2D eigenvalue weighted by Crippen LogP contribution is -2.34. The molecule has 0 unspecified atom stereocenters. The molecule has 4 nitrogen and oxygen atoms in total. The minimum absolute atomic E-state index is 0.134. The molecule has 0 aliphatic heterocycles. The van der Waals surface area contributed by atoms with Crippen molar-refractivity contribution in [2.75, 3.05) is 6.61 Å². The van der Waals surface area contributed by atoms with Crippen LogP contribution in [0.15, 0.2) is 71.5 Å². The van der Waals surface area contributed by atoms with Gasteiger partial charge in [-0.15, -0.1) is 0 Å². The van der Waals surface area contributed by atoms with Gasteiger partial charge in [0.2, 0.25) is 0 Å². The quantitative estimate of drug-likeness (QED) is 0.586. The Morgan fingerprint density at radius 3 is 2.57 bits per heavy atom. The highest BCUT2D eigenvalue weighted by molar-refractivity contribution is 5.93. The summed E-state index contributed by atoms with van der Waals surface area (Å²) in [6.45, 7) is 6.74. The number of benzene rings is 3. The lowest BCUT2D eigenvalue weighted by atomic mass is 10.0. The van der Waals surface area contributed by atoms with Crippen LogP contribution in [-0.4, -0.2) is 16.4 Å². The van der Waals surface area contributed by atoms with Gasteiger partial charge in [0.1, 0.15) is 5.75 Å². The van der Waals surface area contributed by atoms with Crippen LogP contribution in [0, 0.1) is 0 Å². The standard InChI is InChI=1S/C24H22N2O2/c1-3-15-28-23-14-13-18-9-7-8-12-20(18)22(23)16-21-17(2)25-26(24(21)27)19-10-5-4-6-11-19/h4-14,16,25H,2-3,15H2,1H3/b21-16+. The molecule has 0 amide bonds. The Bertz CT molecular complexity index is 1280. The second kappa shape index (κ2) is 7.61. The van der Waals surface area contributed by atoms with Crippen LogP contribution in [0.1, 0.15) is 18.9 Å². The van der Waals surface area contributed by atoms with Crippen molar-refractivity contribution in [1.29, 1.82) is 0 Å². The second-order valence-corrected chi connectivity index (χ2v) is 6.67. The maximum absolute atomic E-state index is 13.1. The largest absolute Gasteiger partial charge is 0.493 e. The fourth-order valence-corrected chi connectivity index (χ4v) is 3.31. The van der Waals surface area contributed by atoms with Gasteiger partial charge in [-0.25, -0.2) is 4.68 Å². The molecular formula is C24H22N2O2. The SMILES string of the molecule is C=c1[nH]n(-c2ccccc2)c(=O)/c1=C/c1c(OCCC)ccc2ccccc12. The number of ether oxygens (including phenoxy) is 1. The molecule has 0 atom stereocenters. The van der Waals surface area contributed by atoms with Crippen LogP contribution in [0.25, 0.3) is 29.1 Å². The van der Waals surface area contributed by atoms with Gasteiger partial charge in [-0.3, -0.25) is 9.89 Å². The Balaban J connectivity index is 1.97. The maximum atomic E-state index is 13.1. The van der Waals surface area contributed by atoms with Crippen LogP contribution in [0.4, 0.5) is 0 Å². The Hall–Kier alpha value is -3.53. The lowest BCUT2D eigenvalue weighted by molar-refractivity contribution is 0.317. The van der Waals surface area contributed by atoms with E-state index in [4.69, 9.17) is 4.74 Å². The molecule has 140 valence electrons. The zero-order chi connectivity index (χ0) is 19.5. The highest BCUT2D eigenvalue weighted by Gasteiger charge is 2.09. The summed E-state index contributed by atoms with van der Waals surface area (Å²) in [5.74, 6) is 0.770. The van der Waals surface area contributed by atoms with Gasteiger partial charge in [-0.2, -0.15) is 0 Å². The molecule has 0 fully saturated rings. The van der Waals surface area contributed by atoms with Gasteiger partial charge in [-0.05, 0) is 41.5 Å². The smallest absolute Gasteiger partial charge is 0.279 e. The topological polar surface area (TPSA) is 47.0 Å². The van der Waals surface area contributed by atoms with Crippen molar-refractivity contribution >= 4 is 23.4 Å². The molecular weight excluding hydrogens is 348 g/mol. The monoisotopic (exact) mass is 370 g/mol. The molecule has 0 saturated heterocycles. The van der Waals surface area contributed by atoms with Crippen molar-refractivity contribution in [2.24, 2.45) is 0 Å². The summed E-state index contributed by atoms with van der Waals surface area (Å²) in [4.78, 5) is 13.1. The molecule has 0 aliphatic rings. The number of aromatic amines is 1. The first kappa shape index (κ1) is 17.9. The third-order valence-corrected chi connectivity index (χ3v) is 4.70. The summed E-state index contributed by atoms with van der Waals surface area (Å²) >= 11 is 0. The van der Waals surface area contributed by atoms with E-state index in [1.54, 1.807) is 0 Å². The molecule has 0 bridgehead atoms. The van der Waals surface area contributed by atoms with Gasteiger partial charge >= 0.3 is 0 Å². The number of rotatable bonds is 5. The lowest BCUT2D eigenvalue weighted by Gasteiger charge is -2.11. The molecule has 4 aromatic rings. The predicted molar refractivity (Wildman–Crippen MR) is 114 cm³/mol. The van der Waals surface area contributed by atoms with E-state index in [2.05, 4.69) is 24.7 Å². The predicted octanol–water partition coefficient (Wildman–Crippen LogP) is 3.35. The Morgan fingerprint density at radius 2 is 1.79 bits per heavy atom. The summed E-state index contributed by atoms with van der Waals surface area (Å²) in [7, 11) is 0. The van der Waals surface area contributed by atoms with Crippen LogP contribution in [-0.2, 0) is 0 Å². The van der Waals surface area contributed by atoms with E-state index in [1.807, 2.05) is 66.7 Å². The minimum atomic E-state index is -0.134. The number of para-hydroxylation sites is 1. The van der Waals surface area contributed by atoms with Crippen molar-refractivity contribution in [3.05, 3.63) is 93.2 Å². The van der Waals surface area contributed by atoms with Crippen LogP contribution < -0.4 is 20.9 Å². The molecule has 0 aliphatic carbocycles. The van der Waals surface area contributed by atoms with E-state index in [0.29, 0.717) is 17.2 Å². The summed E-state index contributed by atoms with van der Waals surface area (Å²) in [5, 5.41) is 6.33. The number of hydrogen-bond acceptors (Lipinski definition) is 2. The van der Waals surface area contributed by atoms with Crippen molar-refractivity contribution in [2.45, 2.75) is 13.3 Å². The molecule has 3 aromatic carbocycles. The normalized spacial score (nSPS) is 11.8. The summed E-state index contributed by atoms with van der Waals surface area (Å²) < 4.78 is 7.49. The number of H-pyrrole nitrogens is 1. The molecule has 28 heavy (non-hydrogen) atoms.